The number of nitrogens with zero attached hydrogens (tertiary/aromatic N) is 2. The van der Waals surface area contributed by atoms with Gasteiger partial charge < -0.3 is 15.4 Å². The highest BCUT2D eigenvalue weighted by Gasteiger charge is 2.17. The summed E-state index contributed by atoms with van der Waals surface area (Å²) < 4.78 is 5.46. The molecule has 7 heteroatoms. The zero-order chi connectivity index (χ0) is 16.1. The van der Waals surface area contributed by atoms with Crippen molar-refractivity contribution in [2.75, 3.05) is 18.5 Å². The lowest BCUT2D eigenvalue weighted by atomic mass is 10.2. The molecule has 0 radical (unpaired) electrons. The Labute approximate surface area is 139 Å². The molecule has 6 nitrogen and oxygen atoms in total. The van der Waals surface area contributed by atoms with Crippen LogP contribution in [0, 0.1) is 0 Å². The minimum atomic E-state index is -0.248. The predicted octanol–water partition coefficient (Wildman–Crippen LogP) is 2.78. The van der Waals surface area contributed by atoms with Gasteiger partial charge in [0.25, 0.3) is 5.91 Å². The summed E-state index contributed by atoms with van der Waals surface area (Å²) in [5.74, 6) is 0.297. The third-order valence-corrected chi connectivity index (χ3v) is 3.73. The number of rotatable bonds is 5. The summed E-state index contributed by atoms with van der Waals surface area (Å²) in [7, 11) is 0. The Bertz CT molecular complexity index is 672. The summed E-state index contributed by atoms with van der Waals surface area (Å²) >= 11 is 5.93. The van der Waals surface area contributed by atoms with Crippen molar-refractivity contribution in [1.29, 1.82) is 0 Å². The number of aromatic nitrogens is 2. The Morgan fingerprint density at radius 1 is 1.35 bits per heavy atom. The summed E-state index contributed by atoms with van der Waals surface area (Å²) in [5.41, 5.74) is 1.09. The zero-order valence-electron chi connectivity index (χ0n) is 12.5. The van der Waals surface area contributed by atoms with Crippen LogP contribution in [0.1, 0.15) is 23.3 Å². The molecule has 1 aliphatic heterocycles. The smallest absolute Gasteiger partial charge is 0.271 e. The van der Waals surface area contributed by atoms with Gasteiger partial charge in [0.15, 0.2) is 0 Å². The first-order valence-electron chi connectivity index (χ1n) is 7.45. The number of ether oxygens (including phenoxy) is 1. The van der Waals surface area contributed by atoms with Gasteiger partial charge in [-0.15, -0.1) is 0 Å². The van der Waals surface area contributed by atoms with Crippen LogP contribution in [0.3, 0.4) is 0 Å². The second-order valence-electron chi connectivity index (χ2n) is 5.27. The molecule has 23 heavy (non-hydrogen) atoms. The fourth-order valence-electron chi connectivity index (χ4n) is 2.33. The maximum atomic E-state index is 12.0. The number of amides is 1. The maximum absolute atomic E-state index is 12.0. The number of benzene rings is 1. The van der Waals surface area contributed by atoms with E-state index in [1.807, 2.05) is 12.1 Å². The van der Waals surface area contributed by atoms with Crippen molar-refractivity contribution in [3.05, 3.63) is 47.4 Å². The van der Waals surface area contributed by atoms with Crippen LogP contribution < -0.4 is 10.6 Å². The summed E-state index contributed by atoms with van der Waals surface area (Å²) in [4.78, 5) is 20.3. The van der Waals surface area contributed by atoms with Gasteiger partial charge in [-0.1, -0.05) is 17.7 Å². The summed E-state index contributed by atoms with van der Waals surface area (Å²) in [6.45, 7) is 1.27. The monoisotopic (exact) mass is 332 g/mol. The molecule has 1 fully saturated rings. The first kappa shape index (κ1) is 15.7. The molecule has 1 aliphatic rings. The fraction of sp³-hybridized carbons (Fsp3) is 0.312. The van der Waals surface area contributed by atoms with Gasteiger partial charge in [-0.05, 0) is 31.0 Å². The van der Waals surface area contributed by atoms with Crippen LogP contribution in [0.4, 0.5) is 11.5 Å². The maximum Gasteiger partial charge on any atom is 0.271 e. The van der Waals surface area contributed by atoms with Gasteiger partial charge in [-0.2, -0.15) is 0 Å². The Kier molecular flexibility index (Phi) is 5.05. The average Bonchev–Trinajstić information content (AvgIpc) is 3.07. The van der Waals surface area contributed by atoms with Crippen LogP contribution in [0.5, 0.6) is 0 Å². The first-order valence-corrected chi connectivity index (χ1v) is 7.83. The molecule has 2 N–H and O–H groups in total. The molecule has 2 heterocycles. The second-order valence-corrected chi connectivity index (χ2v) is 5.70. The van der Waals surface area contributed by atoms with Crippen LogP contribution in [0.15, 0.2) is 36.7 Å². The molecular formula is C16H17ClN4O2. The van der Waals surface area contributed by atoms with E-state index in [1.54, 1.807) is 12.1 Å². The van der Waals surface area contributed by atoms with Crippen molar-refractivity contribution < 1.29 is 9.53 Å². The quantitative estimate of drug-likeness (QED) is 0.880. The van der Waals surface area contributed by atoms with Gasteiger partial charge >= 0.3 is 0 Å². The van der Waals surface area contributed by atoms with E-state index < -0.39 is 0 Å². The van der Waals surface area contributed by atoms with Crippen LogP contribution in [-0.4, -0.2) is 35.1 Å². The van der Waals surface area contributed by atoms with E-state index >= 15 is 0 Å². The number of carbonyl (C=O) groups is 1. The van der Waals surface area contributed by atoms with Gasteiger partial charge in [0.1, 0.15) is 11.5 Å². The molecule has 2 aromatic rings. The van der Waals surface area contributed by atoms with Crippen LogP contribution in [0.2, 0.25) is 5.02 Å². The second kappa shape index (κ2) is 7.39. The molecule has 1 amide bonds. The van der Waals surface area contributed by atoms with Gasteiger partial charge in [0.05, 0.1) is 18.5 Å². The predicted molar refractivity (Wildman–Crippen MR) is 88.1 cm³/mol. The lowest BCUT2D eigenvalue weighted by Gasteiger charge is -2.10. The molecule has 1 unspecified atom stereocenters. The molecule has 0 spiro atoms. The van der Waals surface area contributed by atoms with Crippen molar-refractivity contribution in [3.63, 3.8) is 0 Å². The van der Waals surface area contributed by atoms with Gasteiger partial charge in [0.2, 0.25) is 0 Å². The van der Waals surface area contributed by atoms with Crippen molar-refractivity contribution in [3.8, 4) is 0 Å². The fourth-order valence-corrected chi connectivity index (χ4v) is 2.52. The molecule has 120 valence electrons. The van der Waals surface area contributed by atoms with Crippen molar-refractivity contribution in [1.82, 2.24) is 15.3 Å². The number of anilines is 2. The van der Waals surface area contributed by atoms with Crippen molar-refractivity contribution >= 4 is 29.0 Å². The zero-order valence-corrected chi connectivity index (χ0v) is 13.2. The molecule has 0 aliphatic carbocycles. The average molecular weight is 333 g/mol. The van der Waals surface area contributed by atoms with E-state index in [1.165, 1.54) is 12.4 Å². The Balaban J connectivity index is 1.56. The standard InChI is InChI=1S/C16H17ClN4O2/c17-11-3-1-4-12(7-11)21-15-10-18-14(9-19-15)16(22)20-8-13-5-2-6-23-13/h1,3-4,7,9-10,13H,2,5-6,8H2,(H,19,21)(H,20,22). The molecule has 0 bridgehead atoms. The van der Waals surface area contributed by atoms with Crippen LogP contribution in [0.25, 0.3) is 0 Å². The first-order chi connectivity index (χ1) is 11.2. The lowest BCUT2D eigenvalue weighted by Crippen LogP contribution is -2.32. The Morgan fingerprint density at radius 3 is 2.96 bits per heavy atom. The summed E-state index contributed by atoms with van der Waals surface area (Å²) in [6.07, 6.45) is 5.09. The Hall–Kier alpha value is -2.18. The van der Waals surface area contributed by atoms with E-state index in [2.05, 4.69) is 20.6 Å². The molecule has 1 atom stereocenters. The van der Waals surface area contributed by atoms with Gasteiger partial charge in [0, 0.05) is 23.9 Å². The molecule has 3 rings (SSSR count). The van der Waals surface area contributed by atoms with Crippen LogP contribution in [-0.2, 0) is 4.74 Å². The van der Waals surface area contributed by atoms with Gasteiger partial charge in [-0.3, -0.25) is 4.79 Å². The van der Waals surface area contributed by atoms with E-state index in [0.717, 1.165) is 25.1 Å². The van der Waals surface area contributed by atoms with Crippen molar-refractivity contribution in [2.24, 2.45) is 0 Å². The van der Waals surface area contributed by atoms with E-state index in [4.69, 9.17) is 16.3 Å². The molecular weight excluding hydrogens is 316 g/mol. The lowest BCUT2D eigenvalue weighted by molar-refractivity contribution is 0.0853. The summed E-state index contributed by atoms with van der Waals surface area (Å²) in [6, 6.07) is 7.28. The largest absolute Gasteiger partial charge is 0.376 e. The molecule has 1 aromatic heterocycles. The van der Waals surface area contributed by atoms with E-state index in [9.17, 15) is 4.79 Å². The SMILES string of the molecule is O=C(NCC1CCCO1)c1cnc(Nc2cccc(Cl)c2)cn1. The minimum absolute atomic E-state index is 0.107. The summed E-state index contributed by atoms with van der Waals surface area (Å²) in [5, 5.41) is 6.52. The van der Waals surface area contributed by atoms with Crippen molar-refractivity contribution in [2.45, 2.75) is 18.9 Å². The number of halogens is 1. The van der Waals surface area contributed by atoms with E-state index in [0.29, 0.717) is 17.4 Å². The Morgan fingerprint density at radius 2 is 2.26 bits per heavy atom. The minimum Gasteiger partial charge on any atom is -0.376 e. The third kappa shape index (κ3) is 4.40. The highest BCUT2D eigenvalue weighted by molar-refractivity contribution is 6.30. The normalized spacial score (nSPS) is 17.0. The number of hydrogen-bond donors (Lipinski definition) is 2. The van der Waals surface area contributed by atoms with Crippen LogP contribution >= 0.6 is 11.6 Å². The van der Waals surface area contributed by atoms with E-state index in [-0.39, 0.29) is 17.7 Å². The number of nitrogens with one attached hydrogen (secondary N) is 2. The third-order valence-electron chi connectivity index (χ3n) is 3.50. The molecule has 1 saturated heterocycles. The number of carbonyl (C=O) groups excluding carboxylic acids is 1. The molecule has 1 aromatic carbocycles. The number of hydrogen-bond acceptors (Lipinski definition) is 5. The highest BCUT2D eigenvalue weighted by Crippen LogP contribution is 2.18. The molecule has 0 saturated carbocycles. The highest BCUT2D eigenvalue weighted by atomic mass is 35.5. The topological polar surface area (TPSA) is 76.1 Å². The van der Waals surface area contributed by atoms with Gasteiger partial charge in [-0.25, -0.2) is 9.97 Å².